The van der Waals surface area contributed by atoms with Gasteiger partial charge in [0, 0.05) is 10.9 Å². The Morgan fingerprint density at radius 2 is 1.68 bits per heavy atom. The standard InChI is InChI=1S/C14H11FN4/c15-10-7-5-9(6-8-10)13-17-12-4-2-1-3-11(12)14(18-13)19-16/h1-8H,16H2,(H,17,18,19). The van der Waals surface area contributed by atoms with Crippen molar-refractivity contribution in [1.29, 1.82) is 0 Å². The molecule has 0 fully saturated rings. The number of nitrogens with zero attached hydrogens (tertiary/aromatic N) is 2. The predicted octanol–water partition coefficient (Wildman–Crippen LogP) is 2.72. The monoisotopic (exact) mass is 254 g/mol. The highest BCUT2D eigenvalue weighted by Crippen LogP contribution is 2.24. The van der Waals surface area contributed by atoms with Gasteiger partial charge >= 0.3 is 0 Å². The molecule has 0 amide bonds. The van der Waals surface area contributed by atoms with Crippen molar-refractivity contribution in [3.63, 3.8) is 0 Å². The quantitative estimate of drug-likeness (QED) is 0.545. The number of fused-ring (bicyclic) bond motifs is 1. The van der Waals surface area contributed by atoms with Gasteiger partial charge in [-0.3, -0.25) is 0 Å². The fourth-order valence-corrected chi connectivity index (χ4v) is 1.91. The third kappa shape index (κ3) is 2.11. The number of anilines is 1. The Hall–Kier alpha value is -2.53. The summed E-state index contributed by atoms with van der Waals surface area (Å²) in [5.41, 5.74) is 4.09. The van der Waals surface area contributed by atoms with Crippen LogP contribution in [0, 0.1) is 5.82 Å². The van der Waals surface area contributed by atoms with E-state index in [-0.39, 0.29) is 5.82 Å². The second kappa shape index (κ2) is 4.62. The molecule has 0 unspecified atom stereocenters. The number of benzene rings is 2. The molecule has 94 valence electrons. The van der Waals surface area contributed by atoms with Gasteiger partial charge in [0.25, 0.3) is 0 Å². The van der Waals surface area contributed by atoms with E-state index in [1.54, 1.807) is 12.1 Å². The van der Waals surface area contributed by atoms with Crippen molar-refractivity contribution in [3.05, 3.63) is 54.3 Å². The highest BCUT2D eigenvalue weighted by molar-refractivity contribution is 5.90. The highest BCUT2D eigenvalue weighted by Gasteiger charge is 2.08. The van der Waals surface area contributed by atoms with Crippen molar-refractivity contribution in [2.75, 3.05) is 5.43 Å². The zero-order valence-electron chi connectivity index (χ0n) is 9.97. The number of nitrogen functional groups attached to an aromatic ring is 1. The summed E-state index contributed by atoms with van der Waals surface area (Å²) >= 11 is 0. The van der Waals surface area contributed by atoms with Crippen molar-refractivity contribution in [2.24, 2.45) is 5.84 Å². The van der Waals surface area contributed by atoms with E-state index in [2.05, 4.69) is 15.4 Å². The molecule has 1 heterocycles. The molecule has 0 atom stereocenters. The van der Waals surface area contributed by atoms with Crippen LogP contribution < -0.4 is 11.3 Å². The number of nitrogens with two attached hydrogens (primary N) is 1. The molecular weight excluding hydrogens is 243 g/mol. The molecule has 0 saturated heterocycles. The summed E-state index contributed by atoms with van der Waals surface area (Å²) in [7, 11) is 0. The fourth-order valence-electron chi connectivity index (χ4n) is 1.91. The van der Waals surface area contributed by atoms with Crippen LogP contribution in [0.5, 0.6) is 0 Å². The second-order valence-electron chi connectivity index (χ2n) is 4.06. The minimum absolute atomic E-state index is 0.290. The average Bonchev–Trinajstić information content (AvgIpc) is 2.47. The molecule has 0 saturated carbocycles. The van der Waals surface area contributed by atoms with Gasteiger partial charge in [-0.25, -0.2) is 20.2 Å². The van der Waals surface area contributed by atoms with E-state index in [0.29, 0.717) is 11.6 Å². The molecule has 0 spiro atoms. The number of halogens is 1. The lowest BCUT2D eigenvalue weighted by Gasteiger charge is -2.07. The van der Waals surface area contributed by atoms with Gasteiger partial charge in [0.1, 0.15) is 5.82 Å². The zero-order chi connectivity index (χ0) is 13.2. The first-order chi connectivity index (χ1) is 9.28. The molecular formula is C14H11FN4. The Bertz CT molecular complexity index is 725. The Labute approximate surface area is 109 Å². The van der Waals surface area contributed by atoms with E-state index in [4.69, 9.17) is 5.84 Å². The third-order valence-corrected chi connectivity index (χ3v) is 2.84. The summed E-state index contributed by atoms with van der Waals surface area (Å²) in [5.74, 6) is 6.25. The molecule has 0 radical (unpaired) electrons. The lowest BCUT2D eigenvalue weighted by molar-refractivity contribution is 0.628. The Morgan fingerprint density at radius 3 is 2.42 bits per heavy atom. The van der Waals surface area contributed by atoms with Gasteiger partial charge in [-0.05, 0) is 36.4 Å². The molecule has 4 nitrogen and oxygen atoms in total. The molecule has 3 aromatic rings. The van der Waals surface area contributed by atoms with Gasteiger partial charge in [-0.15, -0.1) is 0 Å². The van der Waals surface area contributed by atoms with Crippen LogP contribution >= 0.6 is 0 Å². The summed E-state index contributed by atoms with van der Waals surface area (Å²) in [6.07, 6.45) is 0. The topological polar surface area (TPSA) is 63.8 Å². The van der Waals surface area contributed by atoms with E-state index in [0.717, 1.165) is 16.5 Å². The minimum atomic E-state index is -0.290. The maximum Gasteiger partial charge on any atom is 0.162 e. The van der Waals surface area contributed by atoms with Crippen molar-refractivity contribution in [1.82, 2.24) is 9.97 Å². The highest BCUT2D eigenvalue weighted by atomic mass is 19.1. The van der Waals surface area contributed by atoms with Crippen molar-refractivity contribution < 1.29 is 4.39 Å². The van der Waals surface area contributed by atoms with Gasteiger partial charge in [0.15, 0.2) is 11.6 Å². The maximum atomic E-state index is 12.9. The fraction of sp³-hybridized carbons (Fsp3) is 0. The van der Waals surface area contributed by atoms with Gasteiger partial charge < -0.3 is 5.43 Å². The Kier molecular flexibility index (Phi) is 2.81. The van der Waals surface area contributed by atoms with Crippen molar-refractivity contribution in [3.8, 4) is 11.4 Å². The van der Waals surface area contributed by atoms with Crippen LogP contribution in [0.1, 0.15) is 0 Å². The van der Waals surface area contributed by atoms with E-state index in [1.165, 1.54) is 12.1 Å². The number of para-hydroxylation sites is 1. The van der Waals surface area contributed by atoms with Gasteiger partial charge in [0.05, 0.1) is 5.52 Å². The molecule has 3 rings (SSSR count). The molecule has 2 aromatic carbocycles. The SMILES string of the molecule is NNc1nc(-c2ccc(F)cc2)nc2ccccc12. The first-order valence-electron chi connectivity index (χ1n) is 5.77. The smallest absolute Gasteiger partial charge is 0.162 e. The molecule has 0 bridgehead atoms. The third-order valence-electron chi connectivity index (χ3n) is 2.84. The lowest BCUT2D eigenvalue weighted by atomic mass is 10.2. The minimum Gasteiger partial charge on any atom is -0.308 e. The number of rotatable bonds is 2. The summed E-state index contributed by atoms with van der Waals surface area (Å²) in [6, 6.07) is 13.6. The number of hydrazine groups is 1. The molecule has 5 heteroatoms. The lowest BCUT2D eigenvalue weighted by Crippen LogP contribution is -2.10. The Morgan fingerprint density at radius 1 is 0.947 bits per heavy atom. The zero-order valence-corrected chi connectivity index (χ0v) is 9.97. The summed E-state index contributed by atoms with van der Waals surface area (Å²) in [5, 5.41) is 0.843. The van der Waals surface area contributed by atoms with Crippen LogP contribution in [0.3, 0.4) is 0 Å². The average molecular weight is 254 g/mol. The number of aromatic nitrogens is 2. The van der Waals surface area contributed by atoms with E-state index < -0.39 is 0 Å². The first kappa shape index (κ1) is 11.6. The number of nitrogens with one attached hydrogen (secondary N) is 1. The van der Waals surface area contributed by atoms with E-state index in [1.807, 2.05) is 24.3 Å². The van der Waals surface area contributed by atoms with Gasteiger partial charge in [0.2, 0.25) is 0 Å². The second-order valence-corrected chi connectivity index (χ2v) is 4.06. The molecule has 1 aromatic heterocycles. The van der Waals surface area contributed by atoms with Crippen LogP contribution in [0.2, 0.25) is 0 Å². The van der Waals surface area contributed by atoms with Crippen LogP contribution in [0.15, 0.2) is 48.5 Å². The molecule has 0 aliphatic rings. The van der Waals surface area contributed by atoms with Gasteiger partial charge in [-0.2, -0.15) is 0 Å². The molecule has 0 aliphatic heterocycles. The Balaban J connectivity index is 2.22. The van der Waals surface area contributed by atoms with Crippen LogP contribution in [0.4, 0.5) is 10.2 Å². The number of hydrogen-bond acceptors (Lipinski definition) is 4. The maximum absolute atomic E-state index is 12.9. The van der Waals surface area contributed by atoms with Gasteiger partial charge in [-0.1, -0.05) is 12.1 Å². The van der Waals surface area contributed by atoms with E-state index >= 15 is 0 Å². The summed E-state index contributed by atoms with van der Waals surface area (Å²) < 4.78 is 12.9. The largest absolute Gasteiger partial charge is 0.308 e. The number of hydrogen-bond donors (Lipinski definition) is 2. The molecule has 3 N–H and O–H groups in total. The molecule has 19 heavy (non-hydrogen) atoms. The normalized spacial score (nSPS) is 10.6. The van der Waals surface area contributed by atoms with Crippen molar-refractivity contribution >= 4 is 16.7 Å². The summed E-state index contributed by atoms with van der Waals surface area (Å²) in [6.45, 7) is 0. The van der Waals surface area contributed by atoms with E-state index in [9.17, 15) is 4.39 Å². The molecule has 0 aliphatic carbocycles. The first-order valence-corrected chi connectivity index (χ1v) is 5.77. The van der Waals surface area contributed by atoms with Crippen molar-refractivity contribution in [2.45, 2.75) is 0 Å². The summed E-state index contributed by atoms with van der Waals surface area (Å²) in [4.78, 5) is 8.80. The van der Waals surface area contributed by atoms with Crippen LogP contribution in [-0.2, 0) is 0 Å². The predicted molar refractivity (Wildman–Crippen MR) is 72.7 cm³/mol. The van der Waals surface area contributed by atoms with Crippen LogP contribution in [0.25, 0.3) is 22.3 Å². The van der Waals surface area contributed by atoms with Crippen LogP contribution in [-0.4, -0.2) is 9.97 Å².